The smallest absolute Gasteiger partial charge is 0.163 e. The van der Waals surface area contributed by atoms with Gasteiger partial charge in [0, 0.05) is 17.9 Å². The lowest BCUT2D eigenvalue weighted by molar-refractivity contribution is -0.115. The van der Waals surface area contributed by atoms with Crippen molar-refractivity contribution < 1.29 is 4.79 Å². The van der Waals surface area contributed by atoms with Crippen LogP contribution in [0, 0.1) is 12.8 Å². The van der Waals surface area contributed by atoms with Gasteiger partial charge in [0.25, 0.3) is 0 Å². The van der Waals surface area contributed by atoms with E-state index in [-0.39, 0.29) is 11.7 Å². The van der Waals surface area contributed by atoms with Crippen LogP contribution in [0.5, 0.6) is 0 Å². The van der Waals surface area contributed by atoms with Crippen molar-refractivity contribution in [3.8, 4) is 0 Å². The third-order valence-corrected chi connectivity index (χ3v) is 6.84. The Bertz CT molecular complexity index is 1090. The highest BCUT2D eigenvalue weighted by molar-refractivity contribution is 6.00. The Morgan fingerprint density at radius 1 is 0.900 bits per heavy atom. The van der Waals surface area contributed by atoms with Crippen LogP contribution in [0.4, 0.5) is 0 Å². The summed E-state index contributed by atoms with van der Waals surface area (Å²) in [7, 11) is 0. The maximum Gasteiger partial charge on any atom is 0.163 e. The molecule has 2 unspecified atom stereocenters. The molecule has 0 aromatic heterocycles. The lowest BCUT2D eigenvalue weighted by atomic mass is 9.81. The summed E-state index contributed by atoms with van der Waals surface area (Å²) in [6.07, 6.45) is 7.94. The predicted molar refractivity (Wildman–Crippen MR) is 126 cm³/mol. The van der Waals surface area contributed by atoms with E-state index in [9.17, 15) is 4.79 Å². The molecule has 2 aliphatic rings. The molecule has 0 amide bonds. The van der Waals surface area contributed by atoms with Crippen LogP contribution in [0.2, 0.25) is 0 Å². The SMILES string of the molecule is CC1=CC(C(=O)CCC2=CC=C(c3ccccc3)C2c2ccccc2C)=C(C)C1C. The molecule has 2 aromatic rings. The first-order valence-corrected chi connectivity index (χ1v) is 10.9. The van der Waals surface area contributed by atoms with E-state index in [1.165, 1.54) is 39.0 Å². The second-order valence-electron chi connectivity index (χ2n) is 8.65. The number of hydrogen-bond acceptors (Lipinski definition) is 1. The highest BCUT2D eigenvalue weighted by Gasteiger charge is 2.28. The number of Topliss-reactive ketones (excluding diaryl/α,β-unsaturated/α-hetero) is 1. The Morgan fingerprint density at radius 2 is 1.60 bits per heavy atom. The highest BCUT2D eigenvalue weighted by Crippen LogP contribution is 2.45. The molecule has 1 nitrogen and oxygen atoms in total. The fraction of sp³-hybridized carbons (Fsp3) is 0.276. The van der Waals surface area contributed by atoms with Crippen molar-refractivity contribution in [2.45, 2.75) is 46.5 Å². The first-order valence-electron chi connectivity index (χ1n) is 10.9. The zero-order chi connectivity index (χ0) is 21.3. The van der Waals surface area contributed by atoms with E-state index in [1.54, 1.807) is 0 Å². The lowest BCUT2D eigenvalue weighted by Crippen LogP contribution is -2.08. The molecular formula is C29H30O. The molecule has 0 fully saturated rings. The molecule has 0 radical (unpaired) electrons. The van der Waals surface area contributed by atoms with Crippen LogP contribution in [0.3, 0.4) is 0 Å². The maximum atomic E-state index is 13.0. The summed E-state index contributed by atoms with van der Waals surface area (Å²) in [4.78, 5) is 13.0. The highest BCUT2D eigenvalue weighted by atomic mass is 16.1. The molecule has 0 aliphatic heterocycles. The number of carbonyl (C=O) groups is 1. The largest absolute Gasteiger partial charge is 0.294 e. The lowest BCUT2D eigenvalue weighted by Gasteiger charge is -2.22. The van der Waals surface area contributed by atoms with Crippen LogP contribution in [0.15, 0.2) is 95.1 Å². The van der Waals surface area contributed by atoms with Crippen molar-refractivity contribution >= 4 is 11.4 Å². The van der Waals surface area contributed by atoms with Gasteiger partial charge in [-0.1, -0.05) is 96.5 Å². The first-order chi connectivity index (χ1) is 14.5. The van der Waals surface area contributed by atoms with Gasteiger partial charge < -0.3 is 0 Å². The molecule has 0 spiro atoms. The third-order valence-electron chi connectivity index (χ3n) is 6.84. The van der Waals surface area contributed by atoms with Gasteiger partial charge in [0.1, 0.15) is 0 Å². The number of ketones is 1. The van der Waals surface area contributed by atoms with E-state index in [0.29, 0.717) is 12.3 Å². The average molecular weight is 395 g/mol. The van der Waals surface area contributed by atoms with E-state index in [1.807, 2.05) is 0 Å². The summed E-state index contributed by atoms with van der Waals surface area (Å²) in [5.74, 6) is 0.880. The predicted octanol–water partition coefficient (Wildman–Crippen LogP) is 7.36. The van der Waals surface area contributed by atoms with E-state index in [2.05, 4.69) is 101 Å². The van der Waals surface area contributed by atoms with Crippen molar-refractivity contribution in [1.82, 2.24) is 0 Å². The van der Waals surface area contributed by atoms with Crippen molar-refractivity contribution in [2.24, 2.45) is 5.92 Å². The molecule has 2 atom stereocenters. The number of aryl methyl sites for hydroxylation is 1. The van der Waals surface area contributed by atoms with Gasteiger partial charge in [0.2, 0.25) is 0 Å². The third kappa shape index (κ3) is 3.77. The zero-order valence-electron chi connectivity index (χ0n) is 18.4. The monoisotopic (exact) mass is 394 g/mol. The van der Waals surface area contributed by atoms with Crippen LogP contribution in [-0.2, 0) is 4.79 Å². The molecule has 0 bridgehead atoms. The van der Waals surface area contributed by atoms with Crippen LogP contribution >= 0.6 is 0 Å². The number of carbonyl (C=O) groups excluding carboxylic acids is 1. The van der Waals surface area contributed by atoms with Gasteiger partial charge in [0.15, 0.2) is 5.78 Å². The molecule has 0 saturated carbocycles. The second kappa shape index (κ2) is 8.44. The van der Waals surface area contributed by atoms with Gasteiger partial charge in [-0.3, -0.25) is 4.79 Å². The summed E-state index contributed by atoms with van der Waals surface area (Å²) in [5, 5.41) is 0. The summed E-state index contributed by atoms with van der Waals surface area (Å²) >= 11 is 0. The fourth-order valence-electron chi connectivity index (χ4n) is 4.72. The molecule has 30 heavy (non-hydrogen) atoms. The van der Waals surface area contributed by atoms with Crippen LogP contribution in [0.25, 0.3) is 5.57 Å². The molecule has 0 heterocycles. The van der Waals surface area contributed by atoms with E-state index in [0.717, 1.165) is 12.0 Å². The molecule has 0 N–H and O–H groups in total. The minimum Gasteiger partial charge on any atom is -0.294 e. The van der Waals surface area contributed by atoms with Crippen molar-refractivity contribution in [3.05, 3.63) is 112 Å². The van der Waals surface area contributed by atoms with Crippen molar-refractivity contribution in [1.29, 1.82) is 0 Å². The Labute approximate surface area is 180 Å². The van der Waals surface area contributed by atoms with Gasteiger partial charge >= 0.3 is 0 Å². The first kappa shape index (κ1) is 20.3. The van der Waals surface area contributed by atoms with Crippen LogP contribution < -0.4 is 0 Å². The summed E-state index contributed by atoms with van der Waals surface area (Å²) in [6.45, 7) is 8.59. The molecule has 2 aromatic carbocycles. The number of benzene rings is 2. The van der Waals surface area contributed by atoms with Gasteiger partial charge in [-0.15, -0.1) is 0 Å². The zero-order valence-corrected chi connectivity index (χ0v) is 18.4. The minimum atomic E-state index is 0.219. The summed E-state index contributed by atoms with van der Waals surface area (Å²) in [5.41, 5.74) is 10.00. The maximum absolute atomic E-state index is 13.0. The quantitative estimate of drug-likeness (QED) is 0.500. The molecule has 0 saturated heterocycles. The summed E-state index contributed by atoms with van der Waals surface area (Å²) in [6, 6.07) is 19.2. The Balaban J connectivity index is 1.59. The second-order valence-corrected chi connectivity index (χ2v) is 8.65. The molecule has 2 aliphatic carbocycles. The van der Waals surface area contributed by atoms with Gasteiger partial charge in [-0.25, -0.2) is 0 Å². The van der Waals surface area contributed by atoms with E-state index in [4.69, 9.17) is 0 Å². The molecular weight excluding hydrogens is 364 g/mol. The topological polar surface area (TPSA) is 17.1 Å². The number of hydrogen-bond donors (Lipinski definition) is 0. The number of rotatable bonds is 6. The van der Waals surface area contributed by atoms with Gasteiger partial charge in [-0.2, -0.15) is 0 Å². The molecule has 152 valence electrons. The Hall–Kier alpha value is -2.93. The standard InChI is InChI=1S/C29H30O/c1-19-10-8-9-13-25(19)29-24(14-16-26(29)23-11-6-5-7-12-23)15-17-28(30)27-18-20(2)21(3)22(27)4/h5-14,16,18,21,29H,15,17H2,1-4H3. The van der Waals surface area contributed by atoms with E-state index >= 15 is 0 Å². The van der Waals surface area contributed by atoms with Crippen LogP contribution in [0.1, 0.15) is 56.2 Å². The normalized spacial score (nSPS) is 20.9. The van der Waals surface area contributed by atoms with E-state index < -0.39 is 0 Å². The molecule has 1 heteroatoms. The summed E-state index contributed by atoms with van der Waals surface area (Å²) < 4.78 is 0. The molecule has 4 rings (SSSR count). The van der Waals surface area contributed by atoms with Crippen LogP contribution in [-0.4, -0.2) is 5.78 Å². The Kier molecular flexibility index (Phi) is 5.72. The minimum absolute atomic E-state index is 0.219. The number of allylic oxidation sites excluding steroid dienone is 8. The Morgan fingerprint density at radius 3 is 2.27 bits per heavy atom. The van der Waals surface area contributed by atoms with Gasteiger partial charge in [0.05, 0.1) is 0 Å². The van der Waals surface area contributed by atoms with Gasteiger partial charge in [-0.05, 0) is 55.4 Å². The van der Waals surface area contributed by atoms with Crippen molar-refractivity contribution in [3.63, 3.8) is 0 Å². The van der Waals surface area contributed by atoms with Crippen molar-refractivity contribution in [2.75, 3.05) is 0 Å². The fourth-order valence-corrected chi connectivity index (χ4v) is 4.72. The average Bonchev–Trinajstić information content (AvgIpc) is 3.29.